The lowest BCUT2D eigenvalue weighted by atomic mass is 10.3. The fourth-order valence-electron chi connectivity index (χ4n) is 1.42. The van der Waals surface area contributed by atoms with Gasteiger partial charge in [-0.25, -0.2) is 0 Å². The van der Waals surface area contributed by atoms with E-state index in [2.05, 4.69) is 20.7 Å². The van der Waals surface area contributed by atoms with Crippen molar-refractivity contribution in [2.75, 3.05) is 26.8 Å². The number of rotatable bonds is 6. The number of methoxy groups -OCH3 is 1. The number of halogens is 2. The summed E-state index contributed by atoms with van der Waals surface area (Å²) in [6.45, 7) is 1.93. The average Bonchev–Trinajstić information content (AvgIpc) is 2.43. The summed E-state index contributed by atoms with van der Waals surface area (Å²) in [6, 6.07) is 5.00. The molecule has 5 nitrogen and oxygen atoms in total. The van der Waals surface area contributed by atoms with Crippen LogP contribution in [0.3, 0.4) is 0 Å². The normalized spacial score (nSPS) is 10.0. The first-order chi connectivity index (χ1) is 9.47. The van der Waals surface area contributed by atoms with E-state index in [1.165, 1.54) is 12.0 Å². The molecule has 0 radical (unpaired) electrons. The summed E-state index contributed by atoms with van der Waals surface area (Å²) in [5.74, 6) is -0.246. The maximum Gasteiger partial charge on any atom is 0.325 e. The van der Waals surface area contributed by atoms with Crippen molar-refractivity contribution >= 4 is 39.4 Å². The number of hydrogen-bond donors (Lipinski definition) is 0. The van der Waals surface area contributed by atoms with E-state index in [1.54, 1.807) is 25.1 Å². The monoisotopic (exact) mass is 363 g/mol. The van der Waals surface area contributed by atoms with E-state index in [4.69, 9.17) is 16.3 Å². The van der Waals surface area contributed by atoms with Crippen LogP contribution in [0.25, 0.3) is 0 Å². The Hall–Kier alpha value is -1.27. The van der Waals surface area contributed by atoms with Crippen LogP contribution in [-0.4, -0.2) is 43.6 Å². The van der Waals surface area contributed by atoms with E-state index >= 15 is 0 Å². The van der Waals surface area contributed by atoms with Gasteiger partial charge in [0, 0.05) is 11.6 Å². The Morgan fingerprint density at radius 1 is 1.40 bits per heavy atom. The average molecular weight is 365 g/mol. The number of carbonyl (C=O) groups is 2. The van der Waals surface area contributed by atoms with E-state index < -0.39 is 5.97 Å². The summed E-state index contributed by atoms with van der Waals surface area (Å²) in [7, 11) is 1.28. The molecule has 0 heterocycles. The van der Waals surface area contributed by atoms with Gasteiger partial charge in [-0.2, -0.15) is 0 Å². The molecule has 110 valence electrons. The van der Waals surface area contributed by atoms with Gasteiger partial charge in [-0.3, -0.25) is 9.59 Å². The molecule has 0 aliphatic carbocycles. The highest BCUT2D eigenvalue weighted by Crippen LogP contribution is 2.27. The second-order valence-corrected chi connectivity index (χ2v) is 5.14. The summed E-state index contributed by atoms with van der Waals surface area (Å²) in [4.78, 5) is 24.5. The van der Waals surface area contributed by atoms with Gasteiger partial charge in [0.2, 0.25) is 0 Å². The Morgan fingerprint density at radius 2 is 2.10 bits per heavy atom. The third kappa shape index (κ3) is 5.02. The minimum atomic E-state index is -0.465. The molecule has 0 aliphatic heterocycles. The number of ether oxygens (including phenoxy) is 2. The molecule has 0 aliphatic rings. The number of benzene rings is 1. The lowest BCUT2D eigenvalue weighted by Gasteiger charge is -2.19. The summed E-state index contributed by atoms with van der Waals surface area (Å²) in [5.41, 5.74) is 0. The van der Waals surface area contributed by atoms with Crippen LogP contribution in [0.4, 0.5) is 0 Å². The minimum absolute atomic E-state index is 0.0863. The first-order valence-corrected chi connectivity index (χ1v) is 7.07. The number of amides is 1. The minimum Gasteiger partial charge on any atom is -0.483 e. The standard InChI is InChI=1S/C13H15BrClNO4/c1-3-16(7-13(18)19-2)12(17)8-20-11-5-4-9(15)6-10(11)14/h4-6H,3,7-8H2,1-2H3. The zero-order chi connectivity index (χ0) is 15.1. The smallest absolute Gasteiger partial charge is 0.325 e. The van der Waals surface area contributed by atoms with Gasteiger partial charge in [0.15, 0.2) is 6.61 Å². The largest absolute Gasteiger partial charge is 0.483 e. The number of nitrogens with zero attached hydrogens (tertiary/aromatic N) is 1. The predicted octanol–water partition coefficient (Wildman–Crippen LogP) is 2.50. The molecule has 0 N–H and O–H groups in total. The van der Waals surface area contributed by atoms with Gasteiger partial charge in [0.25, 0.3) is 5.91 Å². The fraction of sp³-hybridized carbons (Fsp3) is 0.385. The first kappa shape index (κ1) is 16.8. The quantitative estimate of drug-likeness (QED) is 0.728. The summed E-state index contributed by atoms with van der Waals surface area (Å²) >= 11 is 9.11. The van der Waals surface area contributed by atoms with Crippen LogP contribution < -0.4 is 4.74 Å². The van der Waals surface area contributed by atoms with Crippen molar-refractivity contribution in [3.8, 4) is 5.75 Å². The molecule has 0 saturated carbocycles. The SMILES string of the molecule is CCN(CC(=O)OC)C(=O)COc1ccc(Cl)cc1Br. The van der Waals surface area contributed by atoms with E-state index in [0.717, 1.165) is 0 Å². The molecule has 1 aromatic rings. The summed E-state index contributed by atoms with van der Waals surface area (Å²) in [5, 5.41) is 0.566. The van der Waals surface area contributed by atoms with Crippen LogP contribution in [0, 0.1) is 0 Å². The number of esters is 1. The van der Waals surface area contributed by atoms with Crippen LogP contribution in [0.15, 0.2) is 22.7 Å². The molecule has 0 atom stereocenters. The van der Waals surface area contributed by atoms with Gasteiger partial charge < -0.3 is 14.4 Å². The van der Waals surface area contributed by atoms with Crippen molar-refractivity contribution < 1.29 is 19.1 Å². The lowest BCUT2D eigenvalue weighted by Crippen LogP contribution is -2.38. The highest BCUT2D eigenvalue weighted by atomic mass is 79.9. The summed E-state index contributed by atoms with van der Waals surface area (Å²) < 4.78 is 10.6. The van der Waals surface area contributed by atoms with E-state index in [0.29, 0.717) is 21.8 Å². The van der Waals surface area contributed by atoms with Crippen LogP contribution in [0.5, 0.6) is 5.75 Å². The zero-order valence-corrected chi connectivity index (χ0v) is 13.5. The molecule has 0 unspecified atom stereocenters. The van der Waals surface area contributed by atoms with Gasteiger partial charge in [-0.15, -0.1) is 0 Å². The van der Waals surface area contributed by atoms with Gasteiger partial charge >= 0.3 is 5.97 Å². The van der Waals surface area contributed by atoms with Gasteiger partial charge in [0.05, 0.1) is 11.6 Å². The van der Waals surface area contributed by atoms with Crippen molar-refractivity contribution in [2.24, 2.45) is 0 Å². The first-order valence-electron chi connectivity index (χ1n) is 5.90. The highest BCUT2D eigenvalue weighted by molar-refractivity contribution is 9.10. The molecular formula is C13H15BrClNO4. The molecule has 0 saturated heterocycles. The molecule has 0 spiro atoms. The second-order valence-electron chi connectivity index (χ2n) is 3.85. The lowest BCUT2D eigenvalue weighted by molar-refractivity contribution is -0.147. The Kier molecular flexibility index (Phi) is 6.81. The van der Waals surface area contributed by atoms with Crippen molar-refractivity contribution in [3.63, 3.8) is 0 Å². The van der Waals surface area contributed by atoms with E-state index in [1.807, 2.05) is 0 Å². The topological polar surface area (TPSA) is 55.8 Å². The Bertz CT molecular complexity index is 495. The molecule has 0 aromatic heterocycles. The molecule has 0 fully saturated rings. The molecule has 1 rings (SSSR count). The van der Waals surface area contributed by atoms with Gasteiger partial charge in [0.1, 0.15) is 12.3 Å². The third-order valence-electron chi connectivity index (χ3n) is 2.53. The number of hydrogen-bond acceptors (Lipinski definition) is 4. The van der Waals surface area contributed by atoms with Crippen molar-refractivity contribution in [3.05, 3.63) is 27.7 Å². The Balaban J connectivity index is 2.58. The molecule has 0 bridgehead atoms. The van der Waals surface area contributed by atoms with E-state index in [-0.39, 0.29) is 19.1 Å². The molecule has 20 heavy (non-hydrogen) atoms. The van der Waals surface area contributed by atoms with Crippen molar-refractivity contribution in [2.45, 2.75) is 6.92 Å². The fourth-order valence-corrected chi connectivity index (χ4v) is 2.22. The van der Waals surface area contributed by atoms with Gasteiger partial charge in [-0.1, -0.05) is 11.6 Å². The Morgan fingerprint density at radius 3 is 2.65 bits per heavy atom. The number of likely N-dealkylation sites (N-methyl/N-ethyl adjacent to an activating group) is 1. The molecule has 1 aromatic carbocycles. The highest BCUT2D eigenvalue weighted by Gasteiger charge is 2.16. The van der Waals surface area contributed by atoms with Crippen molar-refractivity contribution in [1.82, 2.24) is 4.90 Å². The maximum atomic E-state index is 11.9. The van der Waals surface area contributed by atoms with Crippen molar-refractivity contribution in [1.29, 1.82) is 0 Å². The molecular weight excluding hydrogens is 350 g/mol. The third-order valence-corrected chi connectivity index (χ3v) is 3.38. The Labute approximate surface area is 130 Å². The summed E-state index contributed by atoms with van der Waals surface area (Å²) in [6.07, 6.45) is 0. The zero-order valence-electron chi connectivity index (χ0n) is 11.2. The second kappa shape index (κ2) is 8.11. The van der Waals surface area contributed by atoms with E-state index in [9.17, 15) is 9.59 Å². The molecule has 7 heteroatoms. The van der Waals surface area contributed by atoms with Crippen LogP contribution in [0.2, 0.25) is 5.02 Å². The number of carbonyl (C=O) groups excluding carboxylic acids is 2. The van der Waals surface area contributed by atoms with Crippen LogP contribution >= 0.6 is 27.5 Å². The molecule has 1 amide bonds. The maximum absolute atomic E-state index is 11.9. The van der Waals surface area contributed by atoms with Gasteiger partial charge in [-0.05, 0) is 41.1 Å². The predicted molar refractivity (Wildman–Crippen MR) is 78.9 cm³/mol. The van der Waals surface area contributed by atoms with Crippen LogP contribution in [0.1, 0.15) is 6.92 Å². The van der Waals surface area contributed by atoms with Crippen LogP contribution in [-0.2, 0) is 14.3 Å².